The van der Waals surface area contributed by atoms with E-state index in [9.17, 15) is 4.79 Å². The maximum atomic E-state index is 12.2. The van der Waals surface area contributed by atoms with E-state index in [1.165, 1.54) is 0 Å². The molecule has 0 saturated heterocycles. The number of hydrogen-bond donors (Lipinski definition) is 2. The largest absolute Gasteiger partial charge is 0.385 e. The number of amides is 1. The van der Waals surface area contributed by atoms with Gasteiger partial charge in [0.05, 0.1) is 5.56 Å². The van der Waals surface area contributed by atoms with Gasteiger partial charge in [-0.2, -0.15) is 0 Å². The van der Waals surface area contributed by atoms with Crippen molar-refractivity contribution in [2.24, 2.45) is 5.41 Å². The van der Waals surface area contributed by atoms with E-state index in [-0.39, 0.29) is 11.3 Å². The van der Waals surface area contributed by atoms with E-state index >= 15 is 0 Å². The van der Waals surface area contributed by atoms with Crippen LogP contribution in [0.1, 0.15) is 50.0 Å². The minimum atomic E-state index is 0.000185. The zero-order valence-electron chi connectivity index (χ0n) is 12.8. The van der Waals surface area contributed by atoms with Crippen LogP contribution in [-0.2, 0) is 0 Å². The van der Waals surface area contributed by atoms with Gasteiger partial charge in [-0.3, -0.25) is 4.79 Å². The first-order chi connectivity index (χ1) is 8.83. The molecule has 0 unspecified atom stereocenters. The summed E-state index contributed by atoms with van der Waals surface area (Å²) < 4.78 is 0. The molecular formula is C16H26N2O. The van der Waals surface area contributed by atoms with Crippen LogP contribution in [0.15, 0.2) is 18.2 Å². The predicted octanol–water partition coefficient (Wildman–Crippen LogP) is 3.59. The molecule has 1 aromatic carbocycles. The Hall–Kier alpha value is -1.51. The molecule has 2 N–H and O–H groups in total. The highest BCUT2D eigenvalue weighted by molar-refractivity contribution is 5.99. The predicted molar refractivity (Wildman–Crippen MR) is 81.7 cm³/mol. The fourth-order valence-electron chi connectivity index (χ4n) is 1.84. The molecule has 0 bridgehead atoms. The lowest BCUT2D eigenvalue weighted by molar-refractivity contribution is 0.0950. The lowest BCUT2D eigenvalue weighted by Gasteiger charge is -2.18. The van der Waals surface area contributed by atoms with E-state index in [2.05, 4.69) is 31.4 Å². The van der Waals surface area contributed by atoms with E-state index < -0.39 is 0 Å². The van der Waals surface area contributed by atoms with Crippen molar-refractivity contribution in [2.45, 2.75) is 41.0 Å². The van der Waals surface area contributed by atoms with Crippen LogP contribution >= 0.6 is 0 Å². The van der Waals surface area contributed by atoms with Crippen molar-refractivity contribution in [1.82, 2.24) is 5.32 Å². The topological polar surface area (TPSA) is 41.1 Å². The lowest BCUT2D eigenvalue weighted by atomic mass is 9.92. The summed E-state index contributed by atoms with van der Waals surface area (Å²) in [6, 6.07) is 5.88. The molecule has 0 heterocycles. The Morgan fingerprint density at radius 2 is 1.95 bits per heavy atom. The van der Waals surface area contributed by atoms with E-state index in [0.717, 1.165) is 29.8 Å². The van der Waals surface area contributed by atoms with Crippen LogP contribution in [0.5, 0.6) is 0 Å². The summed E-state index contributed by atoms with van der Waals surface area (Å²) in [6.45, 7) is 12.1. The Kier molecular flexibility index (Phi) is 5.40. The van der Waals surface area contributed by atoms with Crippen LogP contribution in [-0.4, -0.2) is 19.0 Å². The molecule has 106 valence electrons. The van der Waals surface area contributed by atoms with Gasteiger partial charge in [0.25, 0.3) is 5.91 Å². The van der Waals surface area contributed by atoms with E-state index in [0.29, 0.717) is 6.54 Å². The molecule has 0 atom stereocenters. The molecule has 3 heteroatoms. The van der Waals surface area contributed by atoms with Crippen molar-refractivity contribution >= 4 is 11.6 Å². The second kappa shape index (κ2) is 6.60. The average Bonchev–Trinajstić information content (AvgIpc) is 2.27. The molecule has 0 saturated carbocycles. The molecule has 3 nitrogen and oxygen atoms in total. The molecule has 1 aromatic rings. The van der Waals surface area contributed by atoms with Gasteiger partial charge in [-0.15, -0.1) is 0 Å². The third-order valence-corrected chi connectivity index (χ3v) is 2.95. The molecule has 0 aliphatic rings. The molecule has 0 spiro atoms. The minimum Gasteiger partial charge on any atom is -0.385 e. The quantitative estimate of drug-likeness (QED) is 0.851. The van der Waals surface area contributed by atoms with Crippen molar-refractivity contribution in [3.8, 4) is 0 Å². The number of anilines is 1. The number of benzene rings is 1. The summed E-state index contributed by atoms with van der Waals surface area (Å²) in [6.07, 6.45) is 0.973. The van der Waals surface area contributed by atoms with Crippen LogP contribution in [0.2, 0.25) is 0 Å². The molecule has 1 rings (SSSR count). The van der Waals surface area contributed by atoms with Gasteiger partial charge in [-0.25, -0.2) is 0 Å². The number of nitrogens with one attached hydrogen (secondary N) is 2. The van der Waals surface area contributed by atoms with E-state index in [1.807, 2.05) is 32.0 Å². The first-order valence-electron chi connectivity index (χ1n) is 6.96. The summed E-state index contributed by atoms with van der Waals surface area (Å²) >= 11 is 0. The van der Waals surface area contributed by atoms with Crippen LogP contribution in [0.4, 0.5) is 5.69 Å². The highest BCUT2D eigenvalue weighted by Gasteiger charge is 2.13. The monoisotopic (exact) mass is 262 g/mol. The molecule has 0 radical (unpaired) electrons. The molecule has 0 aliphatic heterocycles. The van der Waals surface area contributed by atoms with E-state index in [4.69, 9.17) is 0 Å². The second-order valence-electron chi connectivity index (χ2n) is 6.15. The molecule has 19 heavy (non-hydrogen) atoms. The first kappa shape index (κ1) is 15.5. The Morgan fingerprint density at radius 3 is 2.53 bits per heavy atom. The maximum Gasteiger partial charge on any atom is 0.253 e. The third-order valence-electron chi connectivity index (χ3n) is 2.95. The highest BCUT2D eigenvalue weighted by Crippen LogP contribution is 2.19. The Bertz CT molecular complexity index is 433. The van der Waals surface area contributed by atoms with Crippen molar-refractivity contribution in [3.05, 3.63) is 29.3 Å². The smallest absolute Gasteiger partial charge is 0.253 e. The second-order valence-corrected chi connectivity index (χ2v) is 6.15. The number of carbonyl (C=O) groups is 1. The van der Waals surface area contributed by atoms with Crippen LogP contribution in [0, 0.1) is 12.3 Å². The van der Waals surface area contributed by atoms with Gasteiger partial charge in [0.1, 0.15) is 0 Å². The molecular weight excluding hydrogens is 236 g/mol. The van der Waals surface area contributed by atoms with Gasteiger partial charge in [-0.05, 0) is 43.4 Å². The van der Waals surface area contributed by atoms with Crippen LogP contribution in [0.25, 0.3) is 0 Å². The SMILES string of the molecule is CCNc1cc(C)ccc1C(=O)NCCC(C)(C)C. The van der Waals surface area contributed by atoms with Crippen molar-refractivity contribution in [1.29, 1.82) is 0 Å². The van der Waals surface area contributed by atoms with Crippen molar-refractivity contribution < 1.29 is 4.79 Å². The zero-order valence-corrected chi connectivity index (χ0v) is 12.8. The minimum absolute atomic E-state index is 0.000185. The van der Waals surface area contributed by atoms with Gasteiger partial charge >= 0.3 is 0 Å². The summed E-state index contributed by atoms with van der Waals surface area (Å²) in [7, 11) is 0. The van der Waals surface area contributed by atoms with E-state index in [1.54, 1.807) is 0 Å². The standard InChI is InChI=1S/C16H26N2O/c1-6-17-14-11-12(2)7-8-13(14)15(19)18-10-9-16(3,4)5/h7-8,11,17H,6,9-10H2,1-5H3,(H,18,19). The molecule has 0 aromatic heterocycles. The summed E-state index contributed by atoms with van der Waals surface area (Å²) in [5.74, 6) is 0.000185. The first-order valence-corrected chi connectivity index (χ1v) is 6.96. The van der Waals surface area contributed by atoms with Crippen molar-refractivity contribution in [2.75, 3.05) is 18.4 Å². The average molecular weight is 262 g/mol. The van der Waals surface area contributed by atoms with Gasteiger partial charge in [0.2, 0.25) is 0 Å². The number of carbonyl (C=O) groups excluding carboxylic acids is 1. The summed E-state index contributed by atoms with van der Waals surface area (Å²) in [4.78, 5) is 12.2. The highest BCUT2D eigenvalue weighted by atomic mass is 16.1. The Balaban J connectivity index is 2.71. The van der Waals surface area contributed by atoms with Gasteiger partial charge < -0.3 is 10.6 Å². The zero-order chi connectivity index (χ0) is 14.5. The van der Waals surface area contributed by atoms with Gasteiger partial charge in [0.15, 0.2) is 0 Å². The fourth-order valence-corrected chi connectivity index (χ4v) is 1.84. The van der Waals surface area contributed by atoms with Crippen LogP contribution < -0.4 is 10.6 Å². The summed E-state index contributed by atoms with van der Waals surface area (Å²) in [5.41, 5.74) is 3.03. The Labute approximate surface area is 116 Å². The number of rotatable bonds is 5. The normalized spacial score (nSPS) is 11.2. The van der Waals surface area contributed by atoms with Crippen LogP contribution in [0.3, 0.4) is 0 Å². The number of hydrogen-bond acceptors (Lipinski definition) is 2. The fraction of sp³-hybridized carbons (Fsp3) is 0.562. The third kappa shape index (κ3) is 5.33. The summed E-state index contributed by atoms with van der Waals surface area (Å²) in [5, 5.41) is 6.24. The molecule has 1 amide bonds. The lowest BCUT2D eigenvalue weighted by Crippen LogP contribution is -2.28. The maximum absolute atomic E-state index is 12.2. The number of aryl methyl sites for hydroxylation is 1. The van der Waals surface area contributed by atoms with Crippen molar-refractivity contribution in [3.63, 3.8) is 0 Å². The van der Waals surface area contributed by atoms with Gasteiger partial charge in [-0.1, -0.05) is 26.8 Å². The van der Waals surface area contributed by atoms with Gasteiger partial charge in [0, 0.05) is 18.8 Å². The molecule has 0 fully saturated rings. The molecule has 0 aliphatic carbocycles. The Morgan fingerprint density at radius 1 is 1.26 bits per heavy atom.